The zero-order chi connectivity index (χ0) is 26.5. The van der Waals surface area contributed by atoms with Crippen molar-refractivity contribution in [3.63, 3.8) is 0 Å². The number of anilines is 1. The molecule has 9 heteroatoms. The number of hydrogen-bond donors (Lipinski definition) is 4. The van der Waals surface area contributed by atoms with Crippen LogP contribution in [0.5, 0.6) is 0 Å². The molecule has 4 rings (SSSR count). The van der Waals surface area contributed by atoms with Gasteiger partial charge in [-0.25, -0.2) is 4.98 Å². The van der Waals surface area contributed by atoms with Gasteiger partial charge >= 0.3 is 5.91 Å². The van der Waals surface area contributed by atoms with Gasteiger partial charge in [0.05, 0.1) is 6.20 Å². The SMILES string of the molecule is [C-]#[N+]c1cnc(C(=O)Nc2ccc(C3(NCCNC(C)=O)CCOCC3)cc2C2=CCC(C)(C)CC2)[nH]1. The van der Waals surface area contributed by atoms with Gasteiger partial charge in [0.15, 0.2) is 0 Å². The van der Waals surface area contributed by atoms with Crippen LogP contribution in [0.3, 0.4) is 0 Å². The van der Waals surface area contributed by atoms with Crippen LogP contribution in [-0.4, -0.2) is 48.1 Å². The normalized spacial score (nSPS) is 18.4. The third-order valence-corrected chi connectivity index (χ3v) is 7.35. The van der Waals surface area contributed by atoms with Crippen molar-refractivity contribution in [2.24, 2.45) is 5.41 Å². The van der Waals surface area contributed by atoms with Crippen molar-refractivity contribution < 1.29 is 14.3 Å². The lowest BCUT2D eigenvalue weighted by Crippen LogP contribution is -2.49. The van der Waals surface area contributed by atoms with Crippen molar-refractivity contribution in [2.75, 3.05) is 31.6 Å². The molecule has 196 valence electrons. The molecule has 0 bridgehead atoms. The number of H-pyrrole nitrogens is 1. The van der Waals surface area contributed by atoms with E-state index < -0.39 is 0 Å². The fourth-order valence-corrected chi connectivity index (χ4v) is 5.03. The standard InChI is InChI=1S/C28H36N6O3/c1-19(35)30-13-14-32-28(11-15-37-16-12-28)21-5-6-23(33-26(36)25-31-18-24(29-4)34-25)22(17-21)20-7-9-27(2,3)10-8-20/h5-7,17-18,32H,8-16H2,1-3H3,(H,30,35)(H,31,34)(H,33,36). The summed E-state index contributed by atoms with van der Waals surface area (Å²) >= 11 is 0. The predicted octanol–water partition coefficient (Wildman–Crippen LogP) is 4.54. The van der Waals surface area contributed by atoms with Gasteiger partial charge in [0.25, 0.3) is 5.82 Å². The van der Waals surface area contributed by atoms with Crippen molar-refractivity contribution in [3.8, 4) is 0 Å². The highest BCUT2D eigenvalue weighted by Crippen LogP contribution is 2.42. The second kappa shape index (κ2) is 11.3. The number of amides is 2. The van der Waals surface area contributed by atoms with Gasteiger partial charge in [0.2, 0.25) is 11.7 Å². The minimum absolute atomic E-state index is 0.0440. The average Bonchev–Trinajstić information content (AvgIpc) is 3.37. The Hall–Kier alpha value is -3.48. The van der Waals surface area contributed by atoms with E-state index in [1.54, 1.807) is 0 Å². The van der Waals surface area contributed by atoms with Crippen LogP contribution < -0.4 is 16.0 Å². The van der Waals surface area contributed by atoms with E-state index in [-0.39, 0.29) is 34.4 Å². The quantitative estimate of drug-likeness (QED) is 0.312. The first-order valence-electron chi connectivity index (χ1n) is 12.9. The van der Waals surface area contributed by atoms with Gasteiger partial charge in [-0.15, -0.1) is 0 Å². The molecule has 1 aliphatic heterocycles. The van der Waals surface area contributed by atoms with Gasteiger partial charge in [-0.2, -0.15) is 0 Å². The first-order valence-corrected chi connectivity index (χ1v) is 12.9. The summed E-state index contributed by atoms with van der Waals surface area (Å²) in [6.45, 7) is 15.7. The largest absolute Gasteiger partial charge is 0.381 e. The lowest BCUT2D eigenvalue weighted by atomic mass is 9.75. The molecule has 0 atom stereocenters. The van der Waals surface area contributed by atoms with E-state index in [0.29, 0.717) is 26.3 Å². The Bertz CT molecular complexity index is 1220. The fraction of sp³-hybridized carbons (Fsp3) is 0.500. The minimum atomic E-state index is -0.380. The molecule has 2 heterocycles. The Morgan fingerprint density at radius 3 is 2.62 bits per heavy atom. The van der Waals surface area contributed by atoms with Crippen LogP contribution in [0.1, 0.15) is 74.6 Å². The molecule has 0 saturated carbocycles. The maximum absolute atomic E-state index is 13.0. The number of hydrogen-bond acceptors (Lipinski definition) is 5. The Morgan fingerprint density at radius 1 is 1.19 bits per heavy atom. The predicted molar refractivity (Wildman–Crippen MR) is 143 cm³/mol. The van der Waals surface area contributed by atoms with E-state index in [9.17, 15) is 9.59 Å². The van der Waals surface area contributed by atoms with Crippen molar-refractivity contribution in [2.45, 2.75) is 58.4 Å². The molecule has 2 aromatic rings. The summed E-state index contributed by atoms with van der Waals surface area (Å²) in [5, 5.41) is 9.58. The summed E-state index contributed by atoms with van der Waals surface area (Å²) in [7, 11) is 0. The van der Waals surface area contributed by atoms with Crippen LogP contribution in [-0.2, 0) is 15.1 Å². The molecule has 0 spiro atoms. The third kappa shape index (κ3) is 6.45. The highest BCUT2D eigenvalue weighted by molar-refractivity contribution is 6.03. The first kappa shape index (κ1) is 26.6. The van der Waals surface area contributed by atoms with Gasteiger partial charge in [-0.3, -0.25) is 14.6 Å². The van der Waals surface area contributed by atoms with Gasteiger partial charge < -0.3 is 25.5 Å². The molecule has 1 aliphatic carbocycles. The van der Waals surface area contributed by atoms with Crippen molar-refractivity contribution >= 4 is 28.9 Å². The highest BCUT2D eigenvalue weighted by Gasteiger charge is 2.35. The summed E-state index contributed by atoms with van der Waals surface area (Å²) < 4.78 is 5.69. The lowest BCUT2D eigenvalue weighted by molar-refractivity contribution is -0.118. The Balaban J connectivity index is 1.67. The van der Waals surface area contributed by atoms with Crippen LogP contribution in [0.4, 0.5) is 11.5 Å². The molecule has 2 aliphatic rings. The number of nitrogens with one attached hydrogen (secondary N) is 4. The number of rotatable bonds is 8. The first-order chi connectivity index (χ1) is 17.7. The maximum atomic E-state index is 13.0. The average molecular weight is 505 g/mol. The summed E-state index contributed by atoms with van der Waals surface area (Å²) in [5.41, 5.74) is 4.06. The third-order valence-electron chi connectivity index (χ3n) is 7.35. The number of aromatic amines is 1. The van der Waals surface area contributed by atoms with Crippen LogP contribution in [0.2, 0.25) is 0 Å². The maximum Gasteiger partial charge on any atom is 0.314 e. The second-order valence-corrected chi connectivity index (χ2v) is 10.6. The smallest absolute Gasteiger partial charge is 0.314 e. The number of ether oxygens (including phenoxy) is 1. The van der Waals surface area contributed by atoms with E-state index in [0.717, 1.165) is 48.9 Å². The topological polar surface area (TPSA) is 112 Å². The number of benzene rings is 1. The molecule has 1 aromatic heterocycles. The summed E-state index contributed by atoms with van der Waals surface area (Å²) in [6, 6.07) is 6.23. The summed E-state index contributed by atoms with van der Waals surface area (Å²) in [5.74, 6) is -0.0858. The van der Waals surface area contributed by atoms with E-state index in [2.05, 4.69) is 62.8 Å². The molecule has 37 heavy (non-hydrogen) atoms. The van der Waals surface area contributed by atoms with Crippen molar-refractivity contribution in [1.82, 2.24) is 20.6 Å². The van der Waals surface area contributed by atoms with E-state index in [4.69, 9.17) is 11.3 Å². The molecule has 9 nitrogen and oxygen atoms in total. The molecule has 1 fully saturated rings. The number of allylic oxidation sites excluding steroid dienone is 2. The lowest BCUT2D eigenvalue weighted by Gasteiger charge is -2.39. The Labute approximate surface area is 218 Å². The molecule has 1 aromatic carbocycles. The second-order valence-electron chi connectivity index (χ2n) is 10.6. The molecule has 0 radical (unpaired) electrons. The molecule has 4 N–H and O–H groups in total. The molecule has 0 unspecified atom stereocenters. The van der Waals surface area contributed by atoms with Gasteiger partial charge in [0, 0.05) is 50.0 Å². The van der Waals surface area contributed by atoms with Crippen molar-refractivity contribution in [3.05, 3.63) is 58.8 Å². The van der Waals surface area contributed by atoms with E-state index >= 15 is 0 Å². The Kier molecular flexibility index (Phi) is 8.10. The Morgan fingerprint density at radius 2 is 1.97 bits per heavy atom. The van der Waals surface area contributed by atoms with E-state index in [1.165, 1.54) is 18.7 Å². The number of nitrogens with zero attached hydrogens (tertiary/aromatic N) is 2. The zero-order valence-corrected chi connectivity index (χ0v) is 21.9. The van der Waals surface area contributed by atoms with Crippen LogP contribution >= 0.6 is 0 Å². The molecular weight excluding hydrogens is 468 g/mol. The number of carbonyl (C=O) groups excluding carboxylic acids is 2. The number of imidazole rings is 1. The molecule has 2 amide bonds. The summed E-state index contributed by atoms with van der Waals surface area (Å²) in [6.07, 6.45) is 8.25. The number of aromatic nitrogens is 2. The fourth-order valence-electron chi connectivity index (χ4n) is 5.03. The van der Waals surface area contributed by atoms with Gasteiger partial charge in [0.1, 0.15) is 0 Å². The van der Waals surface area contributed by atoms with Crippen LogP contribution in [0, 0.1) is 12.0 Å². The van der Waals surface area contributed by atoms with Gasteiger partial charge in [-0.1, -0.05) is 32.6 Å². The van der Waals surface area contributed by atoms with Crippen molar-refractivity contribution in [1.29, 1.82) is 0 Å². The van der Waals surface area contributed by atoms with Crippen LogP contribution in [0.25, 0.3) is 10.4 Å². The monoisotopic (exact) mass is 504 g/mol. The highest BCUT2D eigenvalue weighted by atomic mass is 16.5. The van der Waals surface area contributed by atoms with E-state index in [1.807, 2.05) is 6.07 Å². The molecular formula is C28H36N6O3. The zero-order valence-electron chi connectivity index (χ0n) is 21.9. The van der Waals surface area contributed by atoms with Crippen LogP contribution in [0.15, 0.2) is 30.5 Å². The minimum Gasteiger partial charge on any atom is -0.381 e. The molecule has 1 saturated heterocycles. The summed E-state index contributed by atoms with van der Waals surface area (Å²) in [4.78, 5) is 34.4. The number of carbonyl (C=O) groups is 2. The van der Waals surface area contributed by atoms with Gasteiger partial charge in [-0.05, 0) is 60.8 Å².